The molecule has 5 nitrogen and oxygen atoms in total. The molecule has 2 aromatic carbocycles. The maximum absolute atomic E-state index is 14.5. The van der Waals surface area contributed by atoms with Gasteiger partial charge < -0.3 is 14.7 Å². The number of alkyl halides is 2. The van der Waals surface area contributed by atoms with Crippen molar-refractivity contribution in [2.75, 3.05) is 13.7 Å². The fraction of sp³-hybridized carbons (Fsp3) is 0.300. The van der Waals surface area contributed by atoms with Gasteiger partial charge in [0.15, 0.2) is 5.60 Å². The monoisotopic (exact) mass is 405 g/mol. The van der Waals surface area contributed by atoms with Gasteiger partial charge in [-0.1, -0.05) is 39.6 Å². The lowest BCUT2D eigenvalue weighted by atomic mass is 9.90. The SMILES string of the molecule is COC(=O)C1CCN1C(=O)c1ccc2c(c1)C(O)(C(F)(F)P)c1ccccc1-2. The molecule has 1 aliphatic carbocycles. The van der Waals surface area contributed by atoms with Crippen LogP contribution in [0, 0.1) is 0 Å². The number of halogens is 2. The molecule has 0 radical (unpaired) electrons. The minimum atomic E-state index is -3.55. The number of rotatable bonds is 3. The number of hydrogen-bond donors (Lipinski definition) is 1. The molecule has 0 saturated carbocycles. The molecule has 1 saturated heterocycles. The van der Waals surface area contributed by atoms with Crippen molar-refractivity contribution < 1.29 is 28.2 Å². The molecule has 28 heavy (non-hydrogen) atoms. The van der Waals surface area contributed by atoms with Crippen molar-refractivity contribution in [2.45, 2.75) is 23.7 Å². The Hall–Kier alpha value is -2.37. The Bertz CT molecular complexity index is 990. The van der Waals surface area contributed by atoms with Crippen LogP contribution < -0.4 is 0 Å². The zero-order chi connectivity index (χ0) is 20.3. The molecular formula is C20H18F2NO4P. The Morgan fingerprint density at radius 1 is 1.21 bits per heavy atom. The average molecular weight is 405 g/mol. The molecule has 0 bridgehead atoms. The van der Waals surface area contributed by atoms with E-state index < -0.39 is 29.2 Å². The smallest absolute Gasteiger partial charge is 0.328 e. The minimum Gasteiger partial charge on any atom is -0.467 e. The highest BCUT2D eigenvalue weighted by molar-refractivity contribution is 7.18. The summed E-state index contributed by atoms with van der Waals surface area (Å²) in [4.78, 5) is 25.9. The number of carbonyl (C=O) groups is 2. The summed E-state index contributed by atoms with van der Waals surface area (Å²) in [6, 6.07) is 10.1. The van der Waals surface area contributed by atoms with E-state index in [4.69, 9.17) is 0 Å². The highest BCUT2D eigenvalue weighted by Crippen LogP contribution is 2.56. The standard InChI is InChI=1S/C20H18F2NO4P/c1-27-18(25)16-8-9-23(16)17(24)11-6-7-13-12-4-2-3-5-14(12)19(26,15(13)10-11)20(21,22)28/h2-7,10,16,26H,8-9,28H2,1H3. The van der Waals surface area contributed by atoms with E-state index in [9.17, 15) is 23.5 Å². The number of hydrogen-bond acceptors (Lipinski definition) is 4. The van der Waals surface area contributed by atoms with Crippen molar-refractivity contribution in [3.05, 3.63) is 59.2 Å². The minimum absolute atomic E-state index is 0.0327. The number of ether oxygens (including phenoxy) is 1. The predicted octanol–water partition coefficient (Wildman–Crippen LogP) is 2.76. The van der Waals surface area contributed by atoms with E-state index in [1.165, 1.54) is 39.4 Å². The van der Waals surface area contributed by atoms with Gasteiger partial charge in [-0.2, -0.15) is 8.78 Å². The van der Waals surface area contributed by atoms with Crippen molar-refractivity contribution in [1.82, 2.24) is 4.90 Å². The van der Waals surface area contributed by atoms with Gasteiger partial charge in [0.25, 0.3) is 11.6 Å². The Kier molecular flexibility index (Phi) is 4.28. The number of amides is 1. The topological polar surface area (TPSA) is 66.8 Å². The van der Waals surface area contributed by atoms with Gasteiger partial charge in [-0.25, -0.2) is 4.79 Å². The summed E-state index contributed by atoms with van der Waals surface area (Å²) in [5, 5.41) is 11.1. The third-order valence-corrected chi connectivity index (χ3v) is 5.92. The van der Waals surface area contributed by atoms with Gasteiger partial charge in [0, 0.05) is 23.2 Å². The van der Waals surface area contributed by atoms with Crippen molar-refractivity contribution in [3.63, 3.8) is 0 Å². The summed E-state index contributed by atoms with van der Waals surface area (Å²) in [5.41, 5.74) is -4.99. The predicted molar refractivity (Wildman–Crippen MR) is 101 cm³/mol. The molecule has 1 amide bonds. The second-order valence-corrected chi connectivity index (χ2v) is 7.69. The number of aliphatic hydroxyl groups is 1. The van der Waals surface area contributed by atoms with E-state index in [1.54, 1.807) is 24.3 Å². The first-order valence-corrected chi connectivity index (χ1v) is 9.30. The summed E-state index contributed by atoms with van der Waals surface area (Å²) in [6.07, 6.45) is 0.488. The van der Waals surface area contributed by atoms with Crippen LogP contribution in [0.3, 0.4) is 0 Å². The lowest BCUT2D eigenvalue weighted by Crippen LogP contribution is -2.55. The van der Waals surface area contributed by atoms with Crippen LogP contribution >= 0.6 is 9.24 Å². The lowest BCUT2D eigenvalue weighted by molar-refractivity contribution is -0.149. The number of methoxy groups -OCH3 is 1. The van der Waals surface area contributed by atoms with Crippen molar-refractivity contribution in [1.29, 1.82) is 0 Å². The average Bonchev–Trinajstić information content (AvgIpc) is 2.90. The van der Waals surface area contributed by atoms with Crippen LogP contribution in [-0.2, 0) is 15.1 Å². The van der Waals surface area contributed by atoms with Crippen LogP contribution in [0.25, 0.3) is 11.1 Å². The third kappa shape index (κ3) is 2.50. The Morgan fingerprint density at radius 2 is 1.89 bits per heavy atom. The molecule has 0 spiro atoms. The fourth-order valence-corrected chi connectivity index (χ4v) is 4.24. The largest absolute Gasteiger partial charge is 0.467 e. The van der Waals surface area contributed by atoms with Gasteiger partial charge in [0.05, 0.1) is 7.11 Å². The molecule has 3 unspecified atom stereocenters. The first kappa shape index (κ1) is 19.0. The van der Waals surface area contributed by atoms with Gasteiger partial charge in [-0.3, -0.25) is 4.79 Å². The summed E-state index contributed by atoms with van der Waals surface area (Å²) in [7, 11) is 2.64. The van der Waals surface area contributed by atoms with Gasteiger partial charge in [0.1, 0.15) is 6.04 Å². The van der Waals surface area contributed by atoms with E-state index in [1.807, 2.05) is 0 Å². The number of likely N-dealkylation sites (tertiary alicyclic amines) is 1. The molecule has 1 aliphatic heterocycles. The van der Waals surface area contributed by atoms with Crippen LogP contribution in [0.2, 0.25) is 0 Å². The van der Waals surface area contributed by atoms with Crippen LogP contribution in [0.1, 0.15) is 27.9 Å². The highest BCUT2D eigenvalue weighted by Gasteiger charge is 2.57. The highest BCUT2D eigenvalue weighted by atomic mass is 31.0. The van der Waals surface area contributed by atoms with Gasteiger partial charge >= 0.3 is 5.97 Å². The number of esters is 1. The van der Waals surface area contributed by atoms with Gasteiger partial charge in [-0.15, -0.1) is 0 Å². The Balaban J connectivity index is 1.79. The normalized spacial score (nSPS) is 22.9. The summed E-state index contributed by atoms with van der Waals surface area (Å²) in [5.74, 6) is -0.976. The van der Waals surface area contributed by atoms with E-state index in [0.717, 1.165) is 0 Å². The molecular weight excluding hydrogens is 387 g/mol. The Morgan fingerprint density at radius 3 is 2.50 bits per heavy atom. The lowest BCUT2D eigenvalue weighted by Gasteiger charge is -2.39. The zero-order valence-electron chi connectivity index (χ0n) is 15.0. The molecule has 146 valence electrons. The summed E-state index contributed by atoms with van der Waals surface area (Å²) >= 11 is 0. The molecule has 1 heterocycles. The molecule has 3 atom stereocenters. The second kappa shape index (κ2) is 6.33. The fourth-order valence-electron chi connectivity index (χ4n) is 3.93. The number of fused-ring (bicyclic) bond motifs is 3. The molecule has 0 aromatic heterocycles. The van der Waals surface area contributed by atoms with Crippen LogP contribution in [-0.4, -0.2) is 47.2 Å². The summed E-state index contributed by atoms with van der Waals surface area (Å²) < 4.78 is 33.7. The maximum Gasteiger partial charge on any atom is 0.328 e. The molecule has 1 N–H and O–H groups in total. The van der Waals surface area contributed by atoms with Crippen molar-refractivity contribution in [3.8, 4) is 11.1 Å². The van der Waals surface area contributed by atoms with Gasteiger partial charge in [-0.05, 0) is 29.7 Å². The quantitative estimate of drug-likeness (QED) is 0.630. The van der Waals surface area contributed by atoms with Crippen LogP contribution in [0.15, 0.2) is 42.5 Å². The maximum atomic E-state index is 14.5. The number of benzene rings is 2. The van der Waals surface area contributed by atoms with Crippen molar-refractivity contribution >= 4 is 21.1 Å². The first-order chi connectivity index (χ1) is 13.2. The van der Waals surface area contributed by atoms with Crippen LogP contribution in [0.4, 0.5) is 8.78 Å². The second-order valence-electron chi connectivity index (χ2n) is 6.97. The number of carbonyl (C=O) groups excluding carboxylic acids is 2. The van der Waals surface area contributed by atoms with Crippen LogP contribution in [0.5, 0.6) is 0 Å². The van der Waals surface area contributed by atoms with E-state index >= 15 is 0 Å². The van der Waals surface area contributed by atoms with Gasteiger partial charge in [0.2, 0.25) is 0 Å². The van der Waals surface area contributed by atoms with E-state index in [-0.39, 0.29) is 16.7 Å². The van der Waals surface area contributed by atoms with E-state index in [2.05, 4.69) is 4.74 Å². The zero-order valence-corrected chi connectivity index (χ0v) is 16.1. The first-order valence-electron chi connectivity index (χ1n) is 8.72. The molecule has 8 heteroatoms. The Labute approximate surface area is 162 Å². The molecule has 2 aromatic rings. The number of nitrogens with zero attached hydrogens (tertiary/aromatic N) is 1. The van der Waals surface area contributed by atoms with Crippen molar-refractivity contribution in [2.24, 2.45) is 0 Å². The summed E-state index contributed by atoms with van der Waals surface area (Å²) in [6.45, 7) is 0.375. The van der Waals surface area contributed by atoms with E-state index in [0.29, 0.717) is 24.1 Å². The molecule has 2 aliphatic rings. The molecule has 1 fully saturated rings. The third-order valence-electron chi connectivity index (χ3n) is 5.50. The molecule has 4 rings (SSSR count).